The van der Waals surface area contributed by atoms with Gasteiger partial charge in [0.2, 0.25) is 5.91 Å². The SMILES string of the molecule is Cc1ccc(C(=O)N2CC(C)CC(C)C2)cc1NC(=O)/C=C/c1ccc(F)cc1. The first-order chi connectivity index (χ1) is 13.8. The second kappa shape index (κ2) is 9.03. The van der Waals surface area contributed by atoms with Gasteiger partial charge in [0.25, 0.3) is 5.91 Å². The van der Waals surface area contributed by atoms with Crippen LogP contribution in [0.5, 0.6) is 0 Å². The second-order valence-electron chi connectivity index (χ2n) is 8.06. The first kappa shape index (κ1) is 20.8. The minimum Gasteiger partial charge on any atom is -0.338 e. The molecule has 29 heavy (non-hydrogen) atoms. The van der Waals surface area contributed by atoms with Gasteiger partial charge >= 0.3 is 0 Å². The lowest BCUT2D eigenvalue weighted by atomic mass is 9.91. The average molecular weight is 394 g/mol. The first-order valence-electron chi connectivity index (χ1n) is 9.96. The Morgan fingerprint density at radius 2 is 1.72 bits per heavy atom. The third kappa shape index (κ3) is 5.53. The maximum atomic E-state index is 13.0. The van der Waals surface area contributed by atoms with Gasteiger partial charge in [-0.1, -0.05) is 32.0 Å². The summed E-state index contributed by atoms with van der Waals surface area (Å²) < 4.78 is 13.0. The molecule has 1 N–H and O–H groups in total. The number of hydrogen-bond donors (Lipinski definition) is 1. The van der Waals surface area contributed by atoms with Crippen LogP contribution in [-0.4, -0.2) is 29.8 Å². The molecule has 0 radical (unpaired) electrons. The predicted octanol–water partition coefficient (Wildman–Crippen LogP) is 4.90. The Bertz CT molecular complexity index is 911. The van der Waals surface area contributed by atoms with E-state index in [1.165, 1.54) is 18.2 Å². The third-order valence-electron chi connectivity index (χ3n) is 5.20. The van der Waals surface area contributed by atoms with E-state index in [1.807, 2.05) is 24.0 Å². The molecule has 3 rings (SSSR count). The molecule has 2 aromatic carbocycles. The maximum Gasteiger partial charge on any atom is 0.253 e. The van der Waals surface area contributed by atoms with Gasteiger partial charge in [0, 0.05) is 30.4 Å². The van der Waals surface area contributed by atoms with Crippen LogP contribution < -0.4 is 5.32 Å². The fourth-order valence-electron chi connectivity index (χ4n) is 3.82. The summed E-state index contributed by atoms with van der Waals surface area (Å²) in [5.41, 5.74) is 2.80. The number of nitrogens with zero attached hydrogens (tertiary/aromatic N) is 1. The van der Waals surface area contributed by atoms with Crippen molar-refractivity contribution < 1.29 is 14.0 Å². The van der Waals surface area contributed by atoms with E-state index in [2.05, 4.69) is 19.2 Å². The molecule has 0 aromatic heterocycles. The van der Waals surface area contributed by atoms with Gasteiger partial charge in [0.1, 0.15) is 5.82 Å². The van der Waals surface area contributed by atoms with Gasteiger partial charge in [-0.3, -0.25) is 9.59 Å². The molecule has 0 aliphatic carbocycles. The standard InChI is InChI=1S/C24H27FN2O2/c1-16-12-17(2)15-27(14-16)24(29)20-8-4-18(3)22(13-20)26-23(28)11-7-19-5-9-21(25)10-6-19/h4-11,13,16-17H,12,14-15H2,1-3H3,(H,26,28)/b11-7+. The molecule has 0 bridgehead atoms. The Balaban J connectivity index is 1.70. The van der Waals surface area contributed by atoms with E-state index in [4.69, 9.17) is 0 Å². The number of anilines is 1. The van der Waals surface area contributed by atoms with Crippen molar-refractivity contribution >= 4 is 23.6 Å². The van der Waals surface area contributed by atoms with Crippen LogP contribution in [0.4, 0.5) is 10.1 Å². The molecule has 0 spiro atoms. The van der Waals surface area contributed by atoms with Crippen molar-refractivity contribution in [1.82, 2.24) is 4.90 Å². The summed E-state index contributed by atoms with van der Waals surface area (Å²) in [6.45, 7) is 7.76. The Labute approximate surface area is 171 Å². The lowest BCUT2D eigenvalue weighted by Gasteiger charge is -2.35. The fourth-order valence-corrected chi connectivity index (χ4v) is 3.82. The van der Waals surface area contributed by atoms with Crippen molar-refractivity contribution in [2.24, 2.45) is 11.8 Å². The minimum absolute atomic E-state index is 0.000697. The lowest BCUT2D eigenvalue weighted by molar-refractivity contribution is -0.111. The van der Waals surface area contributed by atoms with E-state index in [9.17, 15) is 14.0 Å². The Morgan fingerprint density at radius 3 is 2.38 bits per heavy atom. The normalized spacial score (nSPS) is 19.4. The van der Waals surface area contributed by atoms with Crippen molar-refractivity contribution in [3.63, 3.8) is 0 Å². The van der Waals surface area contributed by atoms with E-state index >= 15 is 0 Å². The van der Waals surface area contributed by atoms with E-state index in [0.717, 1.165) is 30.6 Å². The van der Waals surface area contributed by atoms with Crippen molar-refractivity contribution in [2.75, 3.05) is 18.4 Å². The molecule has 152 valence electrons. The van der Waals surface area contributed by atoms with E-state index in [-0.39, 0.29) is 17.6 Å². The molecule has 2 atom stereocenters. The van der Waals surface area contributed by atoms with E-state index in [0.29, 0.717) is 23.1 Å². The first-order valence-corrected chi connectivity index (χ1v) is 9.96. The van der Waals surface area contributed by atoms with Gasteiger partial charge in [-0.2, -0.15) is 0 Å². The minimum atomic E-state index is -0.318. The summed E-state index contributed by atoms with van der Waals surface area (Å²) in [7, 11) is 0. The smallest absolute Gasteiger partial charge is 0.253 e. The van der Waals surface area contributed by atoms with Crippen LogP contribution in [0.2, 0.25) is 0 Å². The van der Waals surface area contributed by atoms with E-state index in [1.54, 1.807) is 24.3 Å². The van der Waals surface area contributed by atoms with Crippen LogP contribution in [0, 0.1) is 24.6 Å². The summed E-state index contributed by atoms with van der Waals surface area (Å²) in [4.78, 5) is 27.2. The largest absolute Gasteiger partial charge is 0.338 e. The molecule has 1 aliphatic rings. The molecule has 1 saturated heterocycles. The molecule has 1 aliphatic heterocycles. The molecule has 2 amide bonds. The van der Waals surface area contributed by atoms with E-state index < -0.39 is 0 Å². The maximum absolute atomic E-state index is 13.0. The number of hydrogen-bond acceptors (Lipinski definition) is 2. The molecular formula is C24H27FN2O2. The third-order valence-corrected chi connectivity index (χ3v) is 5.20. The molecule has 1 fully saturated rings. The quantitative estimate of drug-likeness (QED) is 0.750. The Kier molecular flexibility index (Phi) is 6.47. The summed E-state index contributed by atoms with van der Waals surface area (Å²) in [5, 5.41) is 2.84. The fraction of sp³-hybridized carbons (Fsp3) is 0.333. The number of carbonyl (C=O) groups is 2. The van der Waals surface area contributed by atoms with Crippen molar-refractivity contribution in [2.45, 2.75) is 27.2 Å². The highest BCUT2D eigenvalue weighted by molar-refractivity contribution is 6.03. The van der Waals surface area contributed by atoms with Crippen LogP contribution >= 0.6 is 0 Å². The zero-order valence-electron chi connectivity index (χ0n) is 17.1. The lowest BCUT2D eigenvalue weighted by Crippen LogP contribution is -2.42. The summed E-state index contributed by atoms with van der Waals surface area (Å²) >= 11 is 0. The highest BCUT2D eigenvalue weighted by Crippen LogP contribution is 2.24. The van der Waals surface area contributed by atoms with Gasteiger partial charge in [0.15, 0.2) is 0 Å². The van der Waals surface area contributed by atoms with Gasteiger partial charge in [-0.15, -0.1) is 0 Å². The number of likely N-dealkylation sites (tertiary alicyclic amines) is 1. The zero-order chi connectivity index (χ0) is 21.0. The second-order valence-corrected chi connectivity index (χ2v) is 8.06. The van der Waals surface area contributed by atoms with Crippen LogP contribution in [-0.2, 0) is 4.79 Å². The molecule has 1 heterocycles. The zero-order valence-corrected chi connectivity index (χ0v) is 17.1. The molecule has 5 heteroatoms. The number of piperidine rings is 1. The molecule has 2 unspecified atom stereocenters. The highest BCUT2D eigenvalue weighted by atomic mass is 19.1. The van der Waals surface area contributed by atoms with Crippen LogP contribution in [0.15, 0.2) is 48.5 Å². The van der Waals surface area contributed by atoms with Crippen LogP contribution in [0.25, 0.3) is 6.08 Å². The average Bonchev–Trinajstić information content (AvgIpc) is 2.68. The van der Waals surface area contributed by atoms with Crippen molar-refractivity contribution in [3.8, 4) is 0 Å². The molecule has 4 nitrogen and oxygen atoms in total. The summed E-state index contributed by atoms with van der Waals surface area (Å²) in [5.74, 6) is 0.358. The predicted molar refractivity (Wildman–Crippen MR) is 114 cm³/mol. The number of halogens is 1. The molecule has 0 saturated carbocycles. The Hall–Kier alpha value is -2.95. The van der Waals surface area contributed by atoms with Gasteiger partial charge in [0.05, 0.1) is 0 Å². The highest BCUT2D eigenvalue weighted by Gasteiger charge is 2.26. The number of carbonyl (C=O) groups excluding carboxylic acids is 2. The topological polar surface area (TPSA) is 49.4 Å². The number of benzene rings is 2. The van der Waals surface area contributed by atoms with Crippen LogP contribution in [0.1, 0.15) is 41.8 Å². The summed E-state index contributed by atoms with van der Waals surface area (Å²) in [6, 6.07) is 11.3. The van der Waals surface area contributed by atoms with Crippen molar-refractivity contribution in [3.05, 3.63) is 71.0 Å². The number of amides is 2. The molecule has 2 aromatic rings. The molecular weight excluding hydrogens is 367 g/mol. The Morgan fingerprint density at radius 1 is 1.07 bits per heavy atom. The van der Waals surface area contributed by atoms with Crippen LogP contribution in [0.3, 0.4) is 0 Å². The van der Waals surface area contributed by atoms with Gasteiger partial charge in [-0.05, 0) is 66.6 Å². The number of rotatable bonds is 4. The number of aryl methyl sites for hydroxylation is 1. The summed E-state index contributed by atoms with van der Waals surface area (Å²) in [6.07, 6.45) is 4.16. The monoisotopic (exact) mass is 394 g/mol. The van der Waals surface area contributed by atoms with Gasteiger partial charge in [-0.25, -0.2) is 4.39 Å². The number of nitrogens with one attached hydrogen (secondary N) is 1. The van der Waals surface area contributed by atoms with Crippen molar-refractivity contribution in [1.29, 1.82) is 0 Å². The van der Waals surface area contributed by atoms with Gasteiger partial charge < -0.3 is 10.2 Å².